The molecule has 5 nitrogen and oxygen atoms in total. The lowest BCUT2D eigenvalue weighted by Gasteiger charge is -2.18. The summed E-state index contributed by atoms with van der Waals surface area (Å²) in [5, 5.41) is 5.08. The van der Waals surface area contributed by atoms with Gasteiger partial charge in [0.25, 0.3) is 0 Å². The van der Waals surface area contributed by atoms with E-state index in [0.717, 1.165) is 11.3 Å². The molecule has 2 aromatic rings. The summed E-state index contributed by atoms with van der Waals surface area (Å²) >= 11 is 7.69. The number of hydrogen-bond acceptors (Lipinski definition) is 4. The van der Waals surface area contributed by atoms with Gasteiger partial charge < -0.3 is 10.2 Å². The Morgan fingerprint density at radius 2 is 2.08 bits per heavy atom. The van der Waals surface area contributed by atoms with Gasteiger partial charge in [0.15, 0.2) is 5.78 Å². The van der Waals surface area contributed by atoms with E-state index in [4.69, 9.17) is 11.6 Å². The van der Waals surface area contributed by atoms with E-state index in [1.165, 1.54) is 11.3 Å². The summed E-state index contributed by atoms with van der Waals surface area (Å²) in [4.78, 5) is 38.2. The van der Waals surface area contributed by atoms with Crippen molar-refractivity contribution < 1.29 is 14.4 Å². The van der Waals surface area contributed by atoms with Gasteiger partial charge in [-0.15, -0.1) is 11.3 Å². The molecule has 1 N–H and O–H groups in total. The number of anilines is 2. The second-order valence-corrected chi connectivity index (χ2v) is 7.47. The molecule has 0 atom stereocenters. The third-order valence-electron chi connectivity index (χ3n) is 4.20. The summed E-state index contributed by atoms with van der Waals surface area (Å²) < 4.78 is 0. The zero-order chi connectivity index (χ0) is 18.5. The van der Waals surface area contributed by atoms with Gasteiger partial charge in [0.2, 0.25) is 11.8 Å². The minimum Gasteiger partial charge on any atom is -0.326 e. The molecule has 136 valence electrons. The Balaban J connectivity index is 1.50. The van der Waals surface area contributed by atoms with Crippen LogP contribution in [0.25, 0.3) is 0 Å². The van der Waals surface area contributed by atoms with Crippen LogP contribution in [0.1, 0.15) is 41.8 Å². The molecule has 2 amide bonds. The third kappa shape index (κ3) is 4.51. The van der Waals surface area contributed by atoms with E-state index < -0.39 is 0 Å². The highest BCUT2D eigenvalue weighted by Crippen LogP contribution is 2.31. The molecule has 1 saturated heterocycles. The number of halogens is 1. The Hall–Kier alpha value is -2.18. The number of hydrogen-bond donors (Lipinski definition) is 1. The third-order valence-corrected chi connectivity index (χ3v) is 5.41. The summed E-state index contributed by atoms with van der Waals surface area (Å²) in [5.74, 6) is -0.0281. The van der Waals surface area contributed by atoms with Crippen molar-refractivity contribution in [2.24, 2.45) is 0 Å². The van der Waals surface area contributed by atoms with Crippen molar-refractivity contribution in [2.45, 2.75) is 32.1 Å². The first-order valence-corrected chi connectivity index (χ1v) is 9.77. The minimum atomic E-state index is -0.162. The highest BCUT2D eigenvalue weighted by molar-refractivity contribution is 7.12. The quantitative estimate of drug-likeness (QED) is 0.707. The van der Waals surface area contributed by atoms with E-state index in [1.54, 1.807) is 29.2 Å². The van der Waals surface area contributed by atoms with Crippen LogP contribution in [0.5, 0.6) is 0 Å². The molecule has 2 heterocycles. The van der Waals surface area contributed by atoms with Crippen LogP contribution in [0.3, 0.4) is 0 Å². The van der Waals surface area contributed by atoms with Crippen LogP contribution in [-0.4, -0.2) is 24.1 Å². The van der Waals surface area contributed by atoms with Gasteiger partial charge in [-0.25, -0.2) is 0 Å². The van der Waals surface area contributed by atoms with E-state index in [9.17, 15) is 14.4 Å². The molecule has 0 saturated carbocycles. The highest BCUT2D eigenvalue weighted by atomic mass is 35.5. The topological polar surface area (TPSA) is 66.5 Å². The first-order chi connectivity index (χ1) is 12.5. The maximum atomic E-state index is 12.1. The smallest absolute Gasteiger partial charge is 0.227 e. The van der Waals surface area contributed by atoms with E-state index in [0.29, 0.717) is 42.2 Å². The minimum absolute atomic E-state index is 0.0653. The van der Waals surface area contributed by atoms with Gasteiger partial charge in [0.05, 0.1) is 15.6 Å². The number of nitrogens with zero attached hydrogens (tertiary/aromatic N) is 1. The predicted molar refractivity (Wildman–Crippen MR) is 104 cm³/mol. The summed E-state index contributed by atoms with van der Waals surface area (Å²) in [5.41, 5.74) is 1.26. The molecule has 7 heteroatoms. The molecule has 0 unspecified atom stereocenters. The second-order valence-electron chi connectivity index (χ2n) is 6.12. The summed E-state index contributed by atoms with van der Waals surface area (Å²) in [7, 11) is 0. The average molecular weight is 391 g/mol. The summed E-state index contributed by atoms with van der Waals surface area (Å²) in [6, 6.07) is 8.77. The summed E-state index contributed by atoms with van der Waals surface area (Å²) in [6.45, 7) is 0.669. The monoisotopic (exact) mass is 390 g/mol. The zero-order valence-electron chi connectivity index (χ0n) is 14.2. The molecule has 1 aromatic carbocycles. The summed E-state index contributed by atoms with van der Waals surface area (Å²) in [6.07, 6.45) is 2.49. The molecule has 1 aliphatic heterocycles. The van der Waals surface area contributed by atoms with Crippen molar-refractivity contribution in [3.8, 4) is 0 Å². The Morgan fingerprint density at radius 1 is 1.23 bits per heavy atom. The normalized spacial score (nSPS) is 13.9. The molecular formula is C19H19ClN2O3S. The van der Waals surface area contributed by atoms with Crippen molar-refractivity contribution in [1.82, 2.24) is 0 Å². The molecule has 0 radical (unpaired) electrons. The fraction of sp³-hybridized carbons (Fsp3) is 0.316. The van der Waals surface area contributed by atoms with Crippen molar-refractivity contribution in [2.75, 3.05) is 16.8 Å². The van der Waals surface area contributed by atoms with Crippen molar-refractivity contribution in [3.63, 3.8) is 0 Å². The standard InChI is InChI=1S/C19H19ClN2O3S/c20-14-12-13(8-9-15(14)22-10-2-7-19(22)25)21-18(24)6-1-4-16(23)17-5-3-11-26-17/h3,5,8-9,11-12H,1-2,4,6-7,10H2,(H,21,24). The molecule has 3 rings (SSSR count). The van der Waals surface area contributed by atoms with E-state index in [2.05, 4.69) is 5.32 Å². The molecule has 0 bridgehead atoms. The van der Waals surface area contributed by atoms with Gasteiger partial charge in [0, 0.05) is 31.5 Å². The van der Waals surface area contributed by atoms with Gasteiger partial charge in [-0.2, -0.15) is 0 Å². The Bertz CT molecular complexity index is 820. The zero-order valence-corrected chi connectivity index (χ0v) is 15.7. The van der Waals surface area contributed by atoms with Gasteiger partial charge in [-0.1, -0.05) is 17.7 Å². The Kier molecular flexibility index (Phi) is 6.06. The first kappa shape index (κ1) is 18.6. The van der Waals surface area contributed by atoms with E-state index in [1.807, 2.05) is 11.4 Å². The predicted octanol–water partition coefficient (Wildman–Crippen LogP) is 4.52. The molecule has 1 fully saturated rings. The lowest BCUT2D eigenvalue weighted by molar-refractivity contribution is -0.117. The lowest BCUT2D eigenvalue weighted by atomic mass is 10.1. The van der Waals surface area contributed by atoms with E-state index in [-0.39, 0.29) is 24.0 Å². The number of amides is 2. The van der Waals surface area contributed by atoms with Crippen LogP contribution in [0, 0.1) is 0 Å². The van der Waals surface area contributed by atoms with E-state index >= 15 is 0 Å². The number of Topliss-reactive ketones (excluding diaryl/α,β-unsaturated/α-hetero) is 1. The number of ketones is 1. The Morgan fingerprint density at radius 3 is 2.73 bits per heavy atom. The number of carbonyl (C=O) groups excluding carboxylic acids is 3. The number of thiophene rings is 1. The lowest BCUT2D eigenvalue weighted by Crippen LogP contribution is -2.24. The fourth-order valence-corrected chi connectivity index (χ4v) is 3.88. The molecule has 1 aliphatic rings. The fourth-order valence-electron chi connectivity index (χ4n) is 2.90. The highest BCUT2D eigenvalue weighted by Gasteiger charge is 2.23. The van der Waals surface area contributed by atoms with Gasteiger partial charge in [0.1, 0.15) is 0 Å². The molecule has 26 heavy (non-hydrogen) atoms. The van der Waals surface area contributed by atoms with Gasteiger partial charge >= 0.3 is 0 Å². The van der Waals surface area contributed by atoms with Gasteiger partial charge in [-0.3, -0.25) is 14.4 Å². The number of benzene rings is 1. The Labute approximate surface area is 161 Å². The molecular weight excluding hydrogens is 372 g/mol. The molecule has 0 spiro atoms. The number of rotatable bonds is 7. The van der Waals surface area contributed by atoms with Gasteiger partial charge in [-0.05, 0) is 42.5 Å². The first-order valence-electron chi connectivity index (χ1n) is 8.51. The molecule has 1 aromatic heterocycles. The van der Waals surface area contributed by atoms with Crippen molar-refractivity contribution >= 4 is 51.9 Å². The maximum Gasteiger partial charge on any atom is 0.227 e. The van der Waals surface area contributed by atoms with Crippen LogP contribution in [0.2, 0.25) is 5.02 Å². The van der Waals surface area contributed by atoms with Crippen LogP contribution >= 0.6 is 22.9 Å². The van der Waals surface area contributed by atoms with Crippen LogP contribution in [0.4, 0.5) is 11.4 Å². The van der Waals surface area contributed by atoms with Crippen LogP contribution < -0.4 is 10.2 Å². The van der Waals surface area contributed by atoms with Crippen LogP contribution in [0.15, 0.2) is 35.7 Å². The molecule has 0 aliphatic carbocycles. The van der Waals surface area contributed by atoms with Crippen molar-refractivity contribution in [1.29, 1.82) is 0 Å². The SMILES string of the molecule is O=C(CCCC(=O)c1cccs1)Nc1ccc(N2CCCC2=O)c(Cl)c1. The van der Waals surface area contributed by atoms with Crippen LogP contribution in [-0.2, 0) is 9.59 Å². The maximum absolute atomic E-state index is 12.1. The van der Waals surface area contributed by atoms with Crippen molar-refractivity contribution in [3.05, 3.63) is 45.6 Å². The largest absolute Gasteiger partial charge is 0.326 e. The number of nitrogens with one attached hydrogen (secondary N) is 1. The number of carbonyl (C=O) groups is 3. The average Bonchev–Trinajstić information content (AvgIpc) is 3.27. The second kappa shape index (κ2) is 8.47.